The summed E-state index contributed by atoms with van der Waals surface area (Å²) in [5, 5.41) is 3.81. The van der Waals surface area contributed by atoms with Gasteiger partial charge in [-0.3, -0.25) is 0 Å². The maximum atomic E-state index is 3.81. The topological polar surface area (TPSA) is 12.0 Å². The fourth-order valence-electron chi connectivity index (χ4n) is 3.78. The Bertz CT molecular complexity index is 460. The Kier molecular flexibility index (Phi) is 6.33. The lowest BCUT2D eigenvalue weighted by Crippen LogP contribution is -2.49. The van der Waals surface area contributed by atoms with Crippen LogP contribution in [0, 0.1) is 11.8 Å². The van der Waals surface area contributed by atoms with Crippen LogP contribution < -0.4 is 5.32 Å². The first-order valence-corrected chi connectivity index (χ1v) is 8.52. The van der Waals surface area contributed by atoms with Gasteiger partial charge in [-0.1, -0.05) is 56.5 Å². The number of nitrogens with one attached hydrogen (secondary N) is 1. The third-order valence-electron chi connectivity index (χ3n) is 4.89. The molecule has 0 bridgehead atoms. The molecule has 0 heterocycles. The summed E-state index contributed by atoms with van der Waals surface area (Å²) >= 11 is 0. The summed E-state index contributed by atoms with van der Waals surface area (Å²) in [4.78, 5) is 0. The van der Waals surface area contributed by atoms with E-state index in [1.807, 2.05) is 6.92 Å². The first-order chi connectivity index (χ1) is 10.3. The van der Waals surface area contributed by atoms with Crippen LogP contribution in [0.4, 0.5) is 0 Å². The Labute approximate surface area is 130 Å². The Morgan fingerprint density at radius 2 is 1.86 bits per heavy atom. The SMILES string of the molecule is CC#CCC(NCCC)C1(c2ccccc2)CCCCC1. The van der Waals surface area contributed by atoms with Gasteiger partial charge in [0.15, 0.2) is 0 Å². The van der Waals surface area contributed by atoms with Gasteiger partial charge in [-0.15, -0.1) is 11.8 Å². The van der Waals surface area contributed by atoms with Gasteiger partial charge in [0.25, 0.3) is 0 Å². The van der Waals surface area contributed by atoms with Crippen LogP contribution in [0.5, 0.6) is 0 Å². The highest BCUT2D eigenvalue weighted by molar-refractivity contribution is 5.29. The van der Waals surface area contributed by atoms with E-state index in [0.29, 0.717) is 6.04 Å². The highest BCUT2D eigenvalue weighted by Gasteiger charge is 2.40. The molecule has 0 aromatic heterocycles. The summed E-state index contributed by atoms with van der Waals surface area (Å²) in [5.74, 6) is 6.43. The minimum atomic E-state index is 0.276. The molecule has 1 heteroatoms. The molecule has 114 valence electrons. The van der Waals surface area contributed by atoms with E-state index in [-0.39, 0.29) is 5.41 Å². The zero-order valence-corrected chi connectivity index (χ0v) is 13.6. The van der Waals surface area contributed by atoms with Gasteiger partial charge in [0.05, 0.1) is 0 Å². The number of hydrogen-bond acceptors (Lipinski definition) is 1. The van der Waals surface area contributed by atoms with Crippen molar-refractivity contribution in [2.75, 3.05) is 6.54 Å². The molecule has 1 aromatic carbocycles. The van der Waals surface area contributed by atoms with Crippen LogP contribution >= 0.6 is 0 Å². The minimum absolute atomic E-state index is 0.276. The van der Waals surface area contributed by atoms with Crippen LogP contribution in [0.3, 0.4) is 0 Å². The third kappa shape index (κ3) is 3.89. The molecule has 1 aliphatic carbocycles. The van der Waals surface area contributed by atoms with Crippen LogP contribution in [-0.4, -0.2) is 12.6 Å². The molecular formula is C20H29N. The van der Waals surface area contributed by atoms with Crippen molar-refractivity contribution in [1.82, 2.24) is 5.32 Å². The van der Waals surface area contributed by atoms with Crippen molar-refractivity contribution >= 4 is 0 Å². The molecule has 1 N–H and O–H groups in total. The van der Waals surface area contributed by atoms with Crippen LogP contribution in [0.25, 0.3) is 0 Å². The van der Waals surface area contributed by atoms with Crippen molar-refractivity contribution in [2.45, 2.75) is 70.3 Å². The molecule has 0 saturated heterocycles. The van der Waals surface area contributed by atoms with Crippen molar-refractivity contribution in [3.63, 3.8) is 0 Å². The molecule has 1 unspecified atom stereocenters. The first-order valence-electron chi connectivity index (χ1n) is 8.52. The lowest BCUT2D eigenvalue weighted by molar-refractivity contribution is 0.214. The van der Waals surface area contributed by atoms with Crippen LogP contribution in [0.15, 0.2) is 30.3 Å². The van der Waals surface area contributed by atoms with Gasteiger partial charge in [0, 0.05) is 17.9 Å². The predicted molar refractivity (Wildman–Crippen MR) is 91.4 cm³/mol. The van der Waals surface area contributed by atoms with E-state index in [1.54, 1.807) is 0 Å². The van der Waals surface area contributed by atoms with Crippen molar-refractivity contribution in [2.24, 2.45) is 0 Å². The van der Waals surface area contributed by atoms with Crippen molar-refractivity contribution < 1.29 is 0 Å². The van der Waals surface area contributed by atoms with Crippen molar-refractivity contribution in [3.05, 3.63) is 35.9 Å². The highest BCUT2D eigenvalue weighted by atomic mass is 14.9. The fraction of sp³-hybridized carbons (Fsp3) is 0.600. The van der Waals surface area contributed by atoms with Crippen LogP contribution in [0.1, 0.15) is 64.4 Å². The van der Waals surface area contributed by atoms with Gasteiger partial charge >= 0.3 is 0 Å². The quantitative estimate of drug-likeness (QED) is 0.748. The zero-order valence-electron chi connectivity index (χ0n) is 13.6. The molecule has 1 fully saturated rings. The van der Waals surface area contributed by atoms with Gasteiger partial charge in [0.1, 0.15) is 0 Å². The second kappa shape index (κ2) is 8.25. The molecule has 1 aliphatic rings. The van der Waals surface area contributed by atoms with Gasteiger partial charge in [-0.05, 0) is 38.3 Å². The number of benzene rings is 1. The monoisotopic (exact) mass is 283 g/mol. The second-order valence-corrected chi connectivity index (χ2v) is 6.22. The average molecular weight is 283 g/mol. The van der Waals surface area contributed by atoms with Crippen molar-refractivity contribution in [1.29, 1.82) is 0 Å². The Balaban J connectivity index is 2.32. The predicted octanol–water partition coefficient (Wildman–Crippen LogP) is 4.67. The van der Waals surface area contributed by atoms with Crippen LogP contribution in [-0.2, 0) is 5.41 Å². The first kappa shape index (κ1) is 16.1. The molecule has 1 aromatic rings. The summed E-state index contributed by atoms with van der Waals surface area (Å²) < 4.78 is 0. The molecule has 0 radical (unpaired) electrons. The largest absolute Gasteiger partial charge is 0.312 e. The molecule has 1 saturated carbocycles. The maximum Gasteiger partial charge on any atom is 0.0273 e. The second-order valence-electron chi connectivity index (χ2n) is 6.22. The van der Waals surface area contributed by atoms with E-state index in [9.17, 15) is 0 Å². The van der Waals surface area contributed by atoms with Gasteiger partial charge in [-0.25, -0.2) is 0 Å². The van der Waals surface area contributed by atoms with E-state index in [0.717, 1.165) is 13.0 Å². The number of hydrogen-bond donors (Lipinski definition) is 1. The molecule has 0 aliphatic heterocycles. The summed E-state index contributed by atoms with van der Waals surface area (Å²) in [6.07, 6.45) is 8.81. The molecule has 0 spiro atoms. The maximum absolute atomic E-state index is 3.81. The fourth-order valence-corrected chi connectivity index (χ4v) is 3.78. The number of rotatable bonds is 6. The molecule has 1 atom stereocenters. The van der Waals surface area contributed by atoms with E-state index in [1.165, 1.54) is 44.1 Å². The average Bonchev–Trinajstić information content (AvgIpc) is 2.56. The standard InChI is InChI=1S/C20H29N/c1-3-5-14-19(21-17-4-2)20(15-10-7-11-16-20)18-12-8-6-9-13-18/h6,8-9,12-13,19,21H,4,7,10-11,14-17H2,1-2H3. The third-order valence-corrected chi connectivity index (χ3v) is 4.89. The molecule has 1 nitrogen and oxygen atoms in total. The smallest absolute Gasteiger partial charge is 0.0273 e. The Morgan fingerprint density at radius 1 is 1.14 bits per heavy atom. The lowest BCUT2D eigenvalue weighted by atomic mass is 9.64. The Hall–Kier alpha value is -1.26. The van der Waals surface area contributed by atoms with E-state index in [2.05, 4.69) is 54.4 Å². The summed E-state index contributed by atoms with van der Waals surface area (Å²) in [6.45, 7) is 5.28. The molecule has 2 rings (SSSR count). The molecule has 0 amide bonds. The highest BCUT2D eigenvalue weighted by Crippen LogP contribution is 2.43. The zero-order chi connectivity index (χ0) is 15.0. The lowest BCUT2D eigenvalue weighted by Gasteiger charge is -2.44. The summed E-state index contributed by atoms with van der Waals surface area (Å²) in [5.41, 5.74) is 1.79. The van der Waals surface area contributed by atoms with E-state index in [4.69, 9.17) is 0 Å². The van der Waals surface area contributed by atoms with E-state index >= 15 is 0 Å². The summed E-state index contributed by atoms with van der Waals surface area (Å²) in [7, 11) is 0. The minimum Gasteiger partial charge on any atom is -0.312 e. The summed E-state index contributed by atoms with van der Waals surface area (Å²) in [6, 6.07) is 11.6. The molecule has 21 heavy (non-hydrogen) atoms. The van der Waals surface area contributed by atoms with Gasteiger partial charge in [-0.2, -0.15) is 0 Å². The molecular weight excluding hydrogens is 254 g/mol. The van der Waals surface area contributed by atoms with Gasteiger partial charge < -0.3 is 5.32 Å². The van der Waals surface area contributed by atoms with Gasteiger partial charge in [0.2, 0.25) is 0 Å². The van der Waals surface area contributed by atoms with Crippen molar-refractivity contribution in [3.8, 4) is 11.8 Å². The normalized spacial score (nSPS) is 18.6. The van der Waals surface area contributed by atoms with Crippen LogP contribution in [0.2, 0.25) is 0 Å². The van der Waals surface area contributed by atoms with E-state index < -0.39 is 0 Å². The Morgan fingerprint density at radius 3 is 2.48 bits per heavy atom.